The number of pyridine rings is 1. The summed E-state index contributed by atoms with van der Waals surface area (Å²) in [7, 11) is 0. The summed E-state index contributed by atoms with van der Waals surface area (Å²) in [5, 5.41) is 3.66. The Morgan fingerprint density at radius 3 is 2.67 bits per heavy atom. The number of hydrogen-bond donors (Lipinski definition) is 1. The lowest BCUT2D eigenvalue weighted by molar-refractivity contribution is 0.422. The average molecular weight is 287 g/mol. The van der Waals surface area contributed by atoms with Gasteiger partial charge >= 0.3 is 0 Å². The molecule has 0 amide bonds. The molecule has 1 saturated heterocycles. The summed E-state index contributed by atoms with van der Waals surface area (Å²) in [6.07, 6.45) is 3.99. The maximum absolute atomic E-state index is 4.89. The van der Waals surface area contributed by atoms with Crippen LogP contribution in [-0.2, 0) is 6.54 Å². The molecule has 0 radical (unpaired) electrons. The predicted molar refractivity (Wildman–Crippen MR) is 88.7 cm³/mol. The van der Waals surface area contributed by atoms with Crippen LogP contribution >= 0.6 is 0 Å². The van der Waals surface area contributed by atoms with Gasteiger partial charge in [0.25, 0.3) is 0 Å². The van der Waals surface area contributed by atoms with Gasteiger partial charge in [-0.2, -0.15) is 0 Å². The van der Waals surface area contributed by atoms with E-state index >= 15 is 0 Å². The zero-order valence-corrected chi connectivity index (χ0v) is 13.9. The monoisotopic (exact) mass is 287 g/mol. The maximum Gasteiger partial charge on any atom is 0.133 e. The van der Waals surface area contributed by atoms with E-state index in [1.54, 1.807) is 0 Å². The SMILES string of the molecule is Cc1cc(C)c(CNC2CC2)c(N2CCC(C(C)C)C2)n1. The molecule has 3 nitrogen and oxygen atoms in total. The van der Waals surface area contributed by atoms with Crippen LogP contribution in [0.5, 0.6) is 0 Å². The van der Waals surface area contributed by atoms with Crippen molar-refractivity contribution >= 4 is 5.82 Å². The van der Waals surface area contributed by atoms with Crippen molar-refractivity contribution in [2.45, 2.75) is 59.5 Å². The maximum atomic E-state index is 4.89. The second kappa shape index (κ2) is 5.96. The number of nitrogens with zero attached hydrogens (tertiary/aromatic N) is 2. The summed E-state index contributed by atoms with van der Waals surface area (Å²) in [4.78, 5) is 7.42. The largest absolute Gasteiger partial charge is 0.356 e. The predicted octanol–water partition coefficient (Wildman–Crippen LogP) is 3.43. The fraction of sp³-hybridized carbons (Fsp3) is 0.722. The second-order valence-corrected chi connectivity index (χ2v) is 7.28. The smallest absolute Gasteiger partial charge is 0.133 e. The van der Waals surface area contributed by atoms with Crippen LogP contribution in [0.3, 0.4) is 0 Å². The summed E-state index contributed by atoms with van der Waals surface area (Å²) < 4.78 is 0. The van der Waals surface area contributed by atoms with Crippen LogP contribution in [0.25, 0.3) is 0 Å². The molecule has 3 heteroatoms. The number of anilines is 1. The van der Waals surface area contributed by atoms with E-state index in [2.05, 4.69) is 44.0 Å². The van der Waals surface area contributed by atoms with Crippen molar-refractivity contribution in [1.82, 2.24) is 10.3 Å². The highest BCUT2D eigenvalue weighted by atomic mass is 15.2. The molecule has 0 spiro atoms. The van der Waals surface area contributed by atoms with Gasteiger partial charge < -0.3 is 10.2 Å². The summed E-state index contributed by atoms with van der Waals surface area (Å²) in [6, 6.07) is 2.98. The molecule has 1 N–H and O–H groups in total. The Morgan fingerprint density at radius 1 is 1.29 bits per heavy atom. The first kappa shape index (κ1) is 14.8. The standard InChI is InChI=1S/C18H29N3/c1-12(2)15-7-8-21(11-15)18-17(10-19-16-5-6-16)13(3)9-14(4)20-18/h9,12,15-16,19H,5-8,10-11H2,1-4H3. The van der Waals surface area contributed by atoms with E-state index in [1.165, 1.54) is 42.8 Å². The van der Waals surface area contributed by atoms with Crippen LogP contribution in [0.1, 0.15) is 49.9 Å². The molecule has 0 aromatic carbocycles. The third kappa shape index (κ3) is 3.39. The zero-order valence-electron chi connectivity index (χ0n) is 13.9. The minimum absolute atomic E-state index is 0.751. The first-order valence-corrected chi connectivity index (χ1v) is 8.50. The van der Waals surface area contributed by atoms with Gasteiger partial charge in [-0.3, -0.25) is 0 Å². The molecule has 1 aromatic rings. The molecule has 3 rings (SSSR count). The highest BCUT2D eigenvalue weighted by molar-refractivity contribution is 5.52. The Balaban J connectivity index is 1.81. The van der Waals surface area contributed by atoms with Gasteiger partial charge in [0, 0.05) is 36.9 Å². The summed E-state index contributed by atoms with van der Waals surface area (Å²) in [6.45, 7) is 12.3. The average Bonchev–Trinajstić information content (AvgIpc) is 3.11. The van der Waals surface area contributed by atoms with Crippen molar-refractivity contribution in [2.24, 2.45) is 11.8 Å². The molecule has 116 valence electrons. The Bertz CT molecular complexity index is 505. The van der Waals surface area contributed by atoms with Crippen molar-refractivity contribution in [1.29, 1.82) is 0 Å². The lowest BCUT2D eigenvalue weighted by Crippen LogP contribution is -2.26. The fourth-order valence-corrected chi connectivity index (χ4v) is 3.38. The van der Waals surface area contributed by atoms with Gasteiger partial charge in [0.05, 0.1) is 0 Å². The lowest BCUT2D eigenvalue weighted by atomic mass is 9.95. The lowest BCUT2D eigenvalue weighted by Gasteiger charge is -2.24. The quantitative estimate of drug-likeness (QED) is 0.899. The van der Waals surface area contributed by atoms with E-state index in [0.29, 0.717) is 0 Å². The first-order chi connectivity index (χ1) is 10.0. The third-order valence-electron chi connectivity index (χ3n) is 5.07. The zero-order chi connectivity index (χ0) is 15.0. The number of nitrogens with one attached hydrogen (secondary N) is 1. The van der Waals surface area contributed by atoms with E-state index in [0.717, 1.165) is 36.7 Å². The molecule has 2 fully saturated rings. The molecule has 1 unspecified atom stereocenters. The molecule has 21 heavy (non-hydrogen) atoms. The molecule has 1 atom stereocenters. The van der Waals surface area contributed by atoms with Crippen LogP contribution in [-0.4, -0.2) is 24.1 Å². The highest BCUT2D eigenvalue weighted by Gasteiger charge is 2.28. The van der Waals surface area contributed by atoms with Crippen molar-refractivity contribution in [3.05, 3.63) is 22.9 Å². The summed E-state index contributed by atoms with van der Waals surface area (Å²) >= 11 is 0. The van der Waals surface area contributed by atoms with E-state index in [9.17, 15) is 0 Å². The van der Waals surface area contributed by atoms with Crippen molar-refractivity contribution in [2.75, 3.05) is 18.0 Å². The molecular weight excluding hydrogens is 258 g/mol. The summed E-state index contributed by atoms with van der Waals surface area (Å²) in [5.41, 5.74) is 3.95. The second-order valence-electron chi connectivity index (χ2n) is 7.28. The van der Waals surface area contributed by atoms with Gasteiger partial charge in [0.2, 0.25) is 0 Å². The van der Waals surface area contributed by atoms with E-state index < -0.39 is 0 Å². The highest BCUT2D eigenvalue weighted by Crippen LogP contribution is 2.31. The normalized spacial score (nSPS) is 22.3. The molecular formula is C18H29N3. The minimum atomic E-state index is 0.751. The molecule has 0 bridgehead atoms. The summed E-state index contributed by atoms with van der Waals surface area (Å²) in [5.74, 6) is 2.83. The Labute approximate surface area is 129 Å². The van der Waals surface area contributed by atoms with E-state index in [1.807, 2.05) is 0 Å². The Kier molecular flexibility index (Phi) is 4.21. The number of hydrogen-bond acceptors (Lipinski definition) is 3. The Morgan fingerprint density at radius 2 is 2.05 bits per heavy atom. The molecule has 1 aliphatic heterocycles. The van der Waals surface area contributed by atoms with Gasteiger partial charge in [0.1, 0.15) is 5.82 Å². The number of aryl methyl sites for hydroxylation is 2. The van der Waals surface area contributed by atoms with Crippen molar-refractivity contribution in [3.63, 3.8) is 0 Å². The van der Waals surface area contributed by atoms with E-state index in [4.69, 9.17) is 4.98 Å². The molecule has 1 aliphatic carbocycles. The van der Waals surface area contributed by atoms with Crippen molar-refractivity contribution in [3.8, 4) is 0 Å². The van der Waals surface area contributed by atoms with Crippen LogP contribution in [0.15, 0.2) is 6.07 Å². The van der Waals surface area contributed by atoms with Gasteiger partial charge in [-0.15, -0.1) is 0 Å². The van der Waals surface area contributed by atoms with Gasteiger partial charge in [0.15, 0.2) is 0 Å². The fourth-order valence-electron chi connectivity index (χ4n) is 3.38. The first-order valence-electron chi connectivity index (χ1n) is 8.50. The van der Waals surface area contributed by atoms with Crippen LogP contribution in [0.4, 0.5) is 5.82 Å². The van der Waals surface area contributed by atoms with Crippen LogP contribution in [0, 0.1) is 25.7 Å². The number of rotatable bonds is 5. The van der Waals surface area contributed by atoms with Gasteiger partial charge in [-0.25, -0.2) is 4.98 Å². The minimum Gasteiger partial charge on any atom is -0.356 e. The molecule has 1 aromatic heterocycles. The van der Waals surface area contributed by atoms with Gasteiger partial charge in [-0.1, -0.05) is 13.8 Å². The topological polar surface area (TPSA) is 28.2 Å². The van der Waals surface area contributed by atoms with Crippen molar-refractivity contribution < 1.29 is 0 Å². The Hall–Kier alpha value is -1.09. The molecule has 1 saturated carbocycles. The molecule has 2 aliphatic rings. The van der Waals surface area contributed by atoms with Gasteiger partial charge in [-0.05, 0) is 56.6 Å². The molecule has 2 heterocycles. The van der Waals surface area contributed by atoms with Crippen LogP contribution in [0.2, 0.25) is 0 Å². The van der Waals surface area contributed by atoms with Crippen LogP contribution < -0.4 is 10.2 Å². The number of aromatic nitrogens is 1. The third-order valence-corrected chi connectivity index (χ3v) is 5.07. The van der Waals surface area contributed by atoms with E-state index in [-0.39, 0.29) is 0 Å².